The molecule has 1 aliphatic rings. The van der Waals surface area contributed by atoms with Gasteiger partial charge >= 0.3 is 5.97 Å². The van der Waals surface area contributed by atoms with Crippen LogP contribution < -0.4 is 10.6 Å². The number of anilines is 1. The van der Waals surface area contributed by atoms with Crippen LogP contribution in [0.5, 0.6) is 5.88 Å². The van der Waals surface area contributed by atoms with Crippen LogP contribution in [-0.4, -0.2) is 37.4 Å². The lowest BCUT2D eigenvalue weighted by molar-refractivity contribution is -0.114. The van der Waals surface area contributed by atoms with Crippen LogP contribution in [0.15, 0.2) is 70.1 Å². The van der Waals surface area contributed by atoms with Crippen molar-refractivity contribution in [3.63, 3.8) is 0 Å². The molecule has 2 heterocycles. The Labute approximate surface area is 186 Å². The lowest BCUT2D eigenvalue weighted by Crippen LogP contribution is -2.22. The number of benzene rings is 2. The second kappa shape index (κ2) is 8.08. The van der Waals surface area contributed by atoms with E-state index in [4.69, 9.17) is 12.2 Å². The Hall–Kier alpha value is -4.31. The molecule has 2 aromatic carbocycles. The fourth-order valence-electron chi connectivity index (χ4n) is 3.26. The van der Waals surface area contributed by atoms with Crippen molar-refractivity contribution in [3.8, 4) is 11.6 Å². The smallest absolute Gasteiger partial charge is 0.335 e. The number of carboxylic acids is 1. The van der Waals surface area contributed by atoms with Crippen molar-refractivity contribution in [3.05, 3.63) is 86.4 Å². The van der Waals surface area contributed by atoms with Gasteiger partial charge in [0.25, 0.3) is 11.5 Å². The minimum absolute atomic E-state index is 0.0256. The molecule has 1 aromatic heterocycles. The molecular formula is C22H16N4O5S. The number of aromatic nitrogens is 2. The zero-order chi connectivity index (χ0) is 23.0. The van der Waals surface area contributed by atoms with E-state index in [1.54, 1.807) is 31.2 Å². The van der Waals surface area contributed by atoms with Crippen molar-refractivity contribution in [1.82, 2.24) is 9.55 Å². The lowest BCUT2D eigenvalue weighted by Gasteiger charge is -2.13. The van der Waals surface area contributed by atoms with E-state index < -0.39 is 23.3 Å². The van der Waals surface area contributed by atoms with E-state index in [9.17, 15) is 24.6 Å². The normalized spacial score (nSPS) is 14.7. The highest BCUT2D eigenvalue weighted by Crippen LogP contribution is 2.27. The van der Waals surface area contributed by atoms with E-state index in [2.05, 4.69) is 10.1 Å². The number of amides is 1. The quantitative estimate of drug-likeness (QED) is 0.416. The summed E-state index contributed by atoms with van der Waals surface area (Å²) in [6, 6.07) is 14.5. The minimum Gasteiger partial charge on any atom is -0.494 e. The topological polar surface area (TPSA) is 128 Å². The SMILES string of the molecule is CC1=NN(c2ccccc2)C(=O)C1=Cc1c(O)n(-c2cccc(C(=O)O)c2)c(=S)[nH]c1=O. The first kappa shape index (κ1) is 20.9. The summed E-state index contributed by atoms with van der Waals surface area (Å²) >= 11 is 5.17. The molecule has 160 valence electrons. The Kier molecular flexibility index (Phi) is 5.29. The van der Waals surface area contributed by atoms with Crippen LogP contribution in [0.1, 0.15) is 22.8 Å². The van der Waals surface area contributed by atoms with Crippen LogP contribution in [0.3, 0.4) is 0 Å². The maximum Gasteiger partial charge on any atom is 0.335 e. The van der Waals surface area contributed by atoms with Gasteiger partial charge in [0.2, 0.25) is 5.88 Å². The maximum atomic E-state index is 12.9. The van der Waals surface area contributed by atoms with Crippen LogP contribution in [0.25, 0.3) is 11.8 Å². The largest absolute Gasteiger partial charge is 0.494 e. The molecule has 0 saturated carbocycles. The molecule has 0 aliphatic carbocycles. The number of hydrazone groups is 1. The maximum absolute atomic E-state index is 12.9. The van der Waals surface area contributed by atoms with E-state index in [1.165, 1.54) is 35.4 Å². The molecule has 3 aromatic rings. The van der Waals surface area contributed by atoms with Crippen molar-refractivity contribution < 1.29 is 19.8 Å². The van der Waals surface area contributed by atoms with Gasteiger partial charge in [0.15, 0.2) is 4.77 Å². The number of aromatic hydroxyl groups is 1. The highest BCUT2D eigenvalue weighted by molar-refractivity contribution is 7.71. The number of hydrogen-bond donors (Lipinski definition) is 3. The van der Waals surface area contributed by atoms with E-state index in [-0.39, 0.29) is 27.2 Å². The van der Waals surface area contributed by atoms with Gasteiger partial charge in [-0.2, -0.15) is 10.1 Å². The standard InChI is InChI=1S/C22H16N4O5S/c1-12-16(20(29)26(24-12)14-7-3-2-4-8-14)11-17-18(27)23-22(32)25(19(17)28)15-9-5-6-13(10-15)21(30)31/h2-11,28H,1H3,(H,30,31)(H,23,27,32). The summed E-state index contributed by atoms with van der Waals surface area (Å²) < 4.78 is 0.988. The Morgan fingerprint density at radius 3 is 2.47 bits per heavy atom. The van der Waals surface area contributed by atoms with E-state index in [0.717, 1.165) is 4.57 Å². The van der Waals surface area contributed by atoms with Crippen LogP contribution in [0.2, 0.25) is 0 Å². The first-order valence-electron chi connectivity index (χ1n) is 9.36. The first-order valence-corrected chi connectivity index (χ1v) is 9.77. The molecule has 4 rings (SSSR count). The second-order valence-corrected chi connectivity index (χ2v) is 7.27. The van der Waals surface area contributed by atoms with Crippen molar-refractivity contribution >= 4 is 41.6 Å². The van der Waals surface area contributed by atoms with Gasteiger partial charge in [-0.15, -0.1) is 0 Å². The average molecular weight is 448 g/mol. The summed E-state index contributed by atoms with van der Waals surface area (Å²) in [6.07, 6.45) is 1.24. The van der Waals surface area contributed by atoms with Gasteiger partial charge in [-0.3, -0.25) is 19.1 Å². The molecule has 0 unspecified atom stereocenters. The molecule has 0 saturated heterocycles. The molecule has 0 radical (unpaired) electrons. The number of aromatic amines is 1. The molecule has 0 spiro atoms. The highest BCUT2D eigenvalue weighted by atomic mass is 32.1. The molecule has 3 N–H and O–H groups in total. The van der Waals surface area contributed by atoms with Crippen LogP contribution in [0.4, 0.5) is 5.69 Å². The van der Waals surface area contributed by atoms with Crippen molar-refractivity contribution in [2.45, 2.75) is 6.92 Å². The summed E-state index contributed by atoms with van der Waals surface area (Å²) in [5.74, 6) is -2.16. The van der Waals surface area contributed by atoms with Gasteiger partial charge in [-0.1, -0.05) is 24.3 Å². The van der Waals surface area contributed by atoms with Gasteiger partial charge in [-0.05, 0) is 55.5 Å². The monoisotopic (exact) mass is 448 g/mol. The van der Waals surface area contributed by atoms with Crippen LogP contribution >= 0.6 is 12.2 Å². The number of H-pyrrole nitrogens is 1. The number of hydrogen-bond acceptors (Lipinski definition) is 6. The molecule has 0 atom stereocenters. The van der Waals surface area contributed by atoms with Gasteiger partial charge in [0.05, 0.1) is 28.2 Å². The fourth-order valence-corrected chi connectivity index (χ4v) is 3.54. The third-order valence-electron chi connectivity index (χ3n) is 4.82. The number of aromatic carboxylic acids is 1. The minimum atomic E-state index is -1.16. The Bertz CT molecular complexity index is 1440. The molecule has 32 heavy (non-hydrogen) atoms. The second-order valence-electron chi connectivity index (χ2n) is 6.88. The summed E-state index contributed by atoms with van der Waals surface area (Å²) in [5.41, 5.74) is 0.327. The number of carboxylic acid groups (broad SMARTS) is 1. The molecule has 1 aliphatic heterocycles. The fraction of sp³-hybridized carbons (Fsp3) is 0.0455. The zero-order valence-electron chi connectivity index (χ0n) is 16.6. The molecule has 9 nitrogen and oxygen atoms in total. The lowest BCUT2D eigenvalue weighted by atomic mass is 10.1. The van der Waals surface area contributed by atoms with E-state index in [1.807, 2.05) is 6.07 Å². The van der Waals surface area contributed by atoms with Crippen molar-refractivity contribution in [1.29, 1.82) is 0 Å². The summed E-state index contributed by atoms with van der Waals surface area (Å²) in [7, 11) is 0. The molecular weight excluding hydrogens is 432 g/mol. The first-order chi connectivity index (χ1) is 15.3. The third kappa shape index (κ3) is 3.63. The average Bonchev–Trinajstić information content (AvgIpc) is 3.05. The Balaban J connectivity index is 1.84. The molecule has 10 heteroatoms. The molecule has 0 fully saturated rings. The van der Waals surface area contributed by atoms with Crippen molar-refractivity contribution in [2.24, 2.45) is 5.10 Å². The Morgan fingerprint density at radius 1 is 1.09 bits per heavy atom. The van der Waals surface area contributed by atoms with Gasteiger partial charge in [0, 0.05) is 0 Å². The van der Waals surface area contributed by atoms with Crippen LogP contribution in [0, 0.1) is 4.77 Å². The van der Waals surface area contributed by atoms with Crippen LogP contribution in [-0.2, 0) is 4.79 Å². The number of nitrogens with one attached hydrogen (secondary N) is 1. The summed E-state index contributed by atoms with van der Waals surface area (Å²) in [6.45, 7) is 1.61. The van der Waals surface area contributed by atoms with Gasteiger partial charge in [0.1, 0.15) is 5.56 Å². The highest BCUT2D eigenvalue weighted by Gasteiger charge is 2.29. The predicted molar refractivity (Wildman–Crippen MR) is 121 cm³/mol. The summed E-state index contributed by atoms with van der Waals surface area (Å²) in [4.78, 5) is 39.3. The summed E-state index contributed by atoms with van der Waals surface area (Å²) in [5, 5.41) is 25.6. The van der Waals surface area contributed by atoms with Crippen molar-refractivity contribution in [2.75, 3.05) is 5.01 Å². The number of carbonyl (C=O) groups is 2. The van der Waals surface area contributed by atoms with E-state index in [0.29, 0.717) is 11.4 Å². The molecule has 0 bridgehead atoms. The van der Waals surface area contributed by atoms with E-state index >= 15 is 0 Å². The number of rotatable bonds is 4. The predicted octanol–water partition coefficient (Wildman–Crippen LogP) is 3.10. The number of para-hydroxylation sites is 1. The third-order valence-corrected chi connectivity index (χ3v) is 5.11. The van der Waals surface area contributed by atoms with Gasteiger partial charge < -0.3 is 10.2 Å². The van der Waals surface area contributed by atoms with Gasteiger partial charge in [-0.25, -0.2) is 4.79 Å². The molecule has 1 amide bonds. The Morgan fingerprint density at radius 2 is 1.78 bits per heavy atom. The zero-order valence-corrected chi connectivity index (χ0v) is 17.5. The number of carbonyl (C=O) groups excluding carboxylic acids is 1. The number of nitrogens with zero attached hydrogens (tertiary/aromatic N) is 3.